The molecule has 0 spiro atoms. The van der Waals surface area contributed by atoms with Crippen molar-refractivity contribution < 1.29 is 60.2 Å². The molecule has 2 aromatic heterocycles. The topological polar surface area (TPSA) is 310 Å². The Bertz CT molecular complexity index is 3720. The van der Waals surface area contributed by atoms with Crippen molar-refractivity contribution in [1.29, 1.82) is 0 Å². The van der Waals surface area contributed by atoms with Gasteiger partial charge < -0.3 is 46.2 Å². The number of anilines is 2. The molecule has 27 heteroatoms. The van der Waals surface area contributed by atoms with Gasteiger partial charge in [-0.3, -0.25) is 28.8 Å². The third kappa shape index (κ3) is 16.5. The van der Waals surface area contributed by atoms with Crippen molar-refractivity contribution in [3.8, 4) is 0 Å². The number of ether oxygens (including phenoxy) is 1. The van der Waals surface area contributed by atoms with Gasteiger partial charge in [0, 0.05) is 71.7 Å². The number of carboxylic acid groups (broad SMARTS) is 1. The van der Waals surface area contributed by atoms with Gasteiger partial charge in [0.25, 0.3) is 23.6 Å². The van der Waals surface area contributed by atoms with Crippen LogP contribution in [0.2, 0.25) is 0 Å². The van der Waals surface area contributed by atoms with Crippen LogP contribution in [0.4, 0.5) is 16.2 Å². The smallest absolute Gasteiger partial charge is 0.410 e. The molecular formula is C59H70ClN9O13S4. The largest absolute Gasteiger partial charge is 0.481 e. The van der Waals surface area contributed by atoms with Crippen molar-refractivity contribution >= 4 is 108 Å². The standard InChI is InChI=1S/C31H35N5O7S2.C23H22N4O4S2.C4H8O2.CH4.ClH/c1-31(2,3)43-30(40)35(4)18-26(37)36-13-11-19(12-14-36)29-33-17-21(44-29)16-32-27(38)20-9-10-25-23(15-20)34-28(39)22-7-5-6-8-24(22)45(25,41)42;28-21(25-12-16-13-26-23(32-16)14-7-9-24-10-8-14)15-5-6-20-18(11-15)27-22(29)17-3-1-2-4-19(17)33(20,30)31;1-2-3-4(5)6;;/h5-10,15,17,19H,11-14,16,18H2,1-4H3,(H,32,38)(H,34,39);1-6,11,13-14,24H,7-10,12H2,(H,25,28)(H,27,29);2-3H2,1H3,(H,5,6);1H4;1H. The molecule has 2 fully saturated rings. The first-order valence-corrected chi connectivity index (χ1v) is 31.7. The van der Waals surface area contributed by atoms with Crippen LogP contribution < -0.4 is 26.6 Å². The molecule has 22 nitrogen and oxygen atoms in total. The monoisotopic (exact) mass is 1280 g/mol. The van der Waals surface area contributed by atoms with Gasteiger partial charge >= 0.3 is 12.1 Å². The fourth-order valence-corrected chi connectivity index (χ4v) is 14.7. The zero-order valence-corrected chi connectivity index (χ0v) is 51.3. The number of amides is 6. The van der Waals surface area contributed by atoms with Crippen molar-refractivity contribution in [2.45, 2.75) is 124 Å². The number of carbonyl (C=O) groups is 7. The molecule has 6 N–H and O–H groups in total. The minimum Gasteiger partial charge on any atom is -0.481 e. The van der Waals surface area contributed by atoms with E-state index in [1.165, 1.54) is 76.9 Å². The minimum atomic E-state index is -3.96. The number of carbonyl (C=O) groups excluding carboxylic acids is 6. The second kappa shape index (κ2) is 29.2. The summed E-state index contributed by atoms with van der Waals surface area (Å²) < 4.78 is 57.9. The highest BCUT2D eigenvalue weighted by atomic mass is 35.5. The minimum absolute atomic E-state index is 0. The maximum absolute atomic E-state index is 13.2. The number of rotatable bonds is 12. The van der Waals surface area contributed by atoms with Crippen molar-refractivity contribution in [1.82, 2.24) is 35.7 Å². The number of likely N-dealkylation sites (tertiary alicyclic amines) is 1. The summed E-state index contributed by atoms with van der Waals surface area (Å²) in [5.41, 5.74) is 0.0897. The molecular weight excluding hydrogens is 1210 g/mol. The van der Waals surface area contributed by atoms with Crippen LogP contribution in [-0.4, -0.2) is 129 Å². The van der Waals surface area contributed by atoms with Crippen LogP contribution in [0.15, 0.2) is 117 Å². The van der Waals surface area contributed by atoms with Crippen molar-refractivity contribution in [2.24, 2.45) is 0 Å². The fraction of sp³-hybridized carbons (Fsp3) is 0.373. The molecule has 2 saturated heterocycles. The number of nitrogens with one attached hydrogen (secondary N) is 5. The molecule has 4 aliphatic rings. The molecule has 0 bridgehead atoms. The quantitative estimate of drug-likeness (QED) is 0.0666. The van der Waals surface area contributed by atoms with Crippen molar-refractivity contribution in [3.05, 3.63) is 139 Å². The van der Waals surface area contributed by atoms with E-state index in [-0.39, 0.29) is 104 Å². The Hall–Kier alpha value is -7.62. The highest BCUT2D eigenvalue weighted by Gasteiger charge is 2.34. The van der Waals surface area contributed by atoms with Crippen LogP contribution in [0.5, 0.6) is 0 Å². The number of carboxylic acids is 1. The normalized spacial score (nSPS) is 15.7. The zero-order chi connectivity index (χ0) is 60.5. The molecule has 0 aliphatic carbocycles. The Balaban J connectivity index is 0.000000254. The predicted molar refractivity (Wildman–Crippen MR) is 328 cm³/mol. The number of fused-ring (bicyclic) bond motifs is 4. The number of thiazole rings is 2. The van der Waals surface area contributed by atoms with E-state index in [9.17, 15) is 50.4 Å². The first-order chi connectivity index (χ1) is 39.9. The van der Waals surface area contributed by atoms with E-state index < -0.39 is 55.1 Å². The zero-order valence-electron chi connectivity index (χ0n) is 47.3. The van der Waals surface area contributed by atoms with Crippen LogP contribution in [0.1, 0.15) is 147 Å². The summed E-state index contributed by atoms with van der Waals surface area (Å²) in [5, 5.41) is 24.2. The summed E-state index contributed by atoms with van der Waals surface area (Å²) in [7, 11) is -6.32. The van der Waals surface area contributed by atoms with Gasteiger partial charge in [-0.15, -0.1) is 35.1 Å². The van der Waals surface area contributed by atoms with E-state index >= 15 is 0 Å². The first kappa shape index (κ1) is 67.5. The highest BCUT2D eigenvalue weighted by molar-refractivity contribution is 7.92. The SMILES string of the molecule is C.CCCC(=O)O.CN(CC(=O)N1CCC(c2ncc(CNC(=O)c3ccc4c(c3)NC(=O)c3ccccc3S4(=O)=O)s2)CC1)C(=O)OC(C)(C)C.Cl.O=C(NCc1cnc(C2CCNCC2)s1)c1ccc2c(c1)NC(=O)c1ccccc1S2(=O)=O. The third-order valence-corrected chi connectivity index (χ3v) is 19.9. The number of piperidine rings is 2. The molecule has 6 amide bonds. The van der Waals surface area contributed by atoms with Gasteiger partial charge in [0.2, 0.25) is 25.6 Å². The summed E-state index contributed by atoms with van der Waals surface area (Å²) in [5.74, 6) is -2.09. The number of aromatic nitrogens is 2. The van der Waals surface area contributed by atoms with Gasteiger partial charge in [0.15, 0.2) is 0 Å². The number of aliphatic carboxylic acids is 1. The predicted octanol–water partition coefficient (Wildman–Crippen LogP) is 8.91. The summed E-state index contributed by atoms with van der Waals surface area (Å²) >= 11 is 3.09. The lowest BCUT2D eigenvalue weighted by Gasteiger charge is -2.32. The molecule has 460 valence electrons. The number of likely N-dealkylation sites (N-methyl/N-ethyl adjacent to an activating group) is 1. The summed E-state index contributed by atoms with van der Waals surface area (Å²) in [4.78, 5) is 99.3. The molecule has 0 saturated carbocycles. The van der Waals surface area contributed by atoms with E-state index in [1.807, 2.05) is 6.92 Å². The van der Waals surface area contributed by atoms with Crippen LogP contribution >= 0.6 is 35.1 Å². The van der Waals surface area contributed by atoms with Crippen LogP contribution in [0, 0.1) is 0 Å². The average Bonchev–Trinajstić information content (AvgIpc) is 1.60. The van der Waals surface area contributed by atoms with Gasteiger partial charge in [-0.05, 0) is 127 Å². The van der Waals surface area contributed by atoms with Crippen LogP contribution in [0.3, 0.4) is 0 Å². The third-order valence-electron chi connectivity index (χ3n) is 13.8. The lowest BCUT2D eigenvalue weighted by molar-refractivity contribution is -0.137. The first-order valence-electron chi connectivity index (χ1n) is 27.1. The molecule has 0 atom stereocenters. The number of benzene rings is 4. The number of hydrogen-bond donors (Lipinski definition) is 6. The average molecular weight is 1280 g/mol. The second-order valence-electron chi connectivity index (χ2n) is 21.2. The molecule has 6 aromatic rings. The lowest BCUT2D eigenvalue weighted by Crippen LogP contribution is -2.45. The molecule has 0 unspecified atom stereocenters. The van der Waals surface area contributed by atoms with Gasteiger partial charge in [-0.1, -0.05) is 38.6 Å². The van der Waals surface area contributed by atoms with Crippen molar-refractivity contribution in [3.63, 3.8) is 0 Å². The van der Waals surface area contributed by atoms with Gasteiger partial charge in [-0.25, -0.2) is 31.6 Å². The van der Waals surface area contributed by atoms with Crippen LogP contribution in [-0.2, 0) is 47.1 Å². The molecule has 4 aromatic carbocycles. The number of halogens is 1. The Kier molecular flexibility index (Phi) is 22.9. The van der Waals surface area contributed by atoms with E-state index in [4.69, 9.17) is 9.84 Å². The van der Waals surface area contributed by atoms with E-state index in [0.29, 0.717) is 32.0 Å². The summed E-state index contributed by atoms with van der Waals surface area (Å²) in [6.45, 7) is 10.7. The molecule has 86 heavy (non-hydrogen) atoms. The Morgan fingerprint density at radius 3 is 1.56 bits per heavy atom. The van der Waals surface area contributed by atoms with Gasteiger partial charge in [-0.2, -0.15) is 0 Å². The number of nitrogens with zero attached hydrogens (tertiary/aromatic N) is 4. The van der Waals surface area contributed by atoms with E-state index in [2.05, 4.69) is 36.6 Å². The van der Waals surface area contributed by atoms with Gasteiger partial charge in [0.1, 0.15) is 12.1 Å². The van der Waals surface area contributed by atoms with E-state index in [1.54, 1.807) is 80.7 Å². The van der Waals surface area contributed by atoms with Gasteiger partial charge in [0.05, 0.1) is 65.2 Å². The fourth-order valence-electron chi connectivity index (χ4n) is 9.49. The van der Waals surface area contributed by atoms with Crippen molar-refractivity contribution in [2.75, 3.05) is 50.4 Å². The Labute approximate surface area is 514 Å². The number of hydrogen-bond acceptors (Lipinski definition) is 17. The lowest BCUT2D eigenvalue weighted by atomic mass is 9.97. The molecule has 6 heterocycles. The number of sulfone groups is 2. The molecule has 4 aliphatic heterocycles. The second-order valence-corrected chi connectivity index (χ2v) is 27.3. The molecule has 0 radical (unpaired) electrons. The maximum atomic E-state index is 13.2. The maximum Gasteiger partial charge on any atom is 0.410 e. The Morgan fingerprint density at radius 2 is 1.14 bits per heavy atom. The summed E-state index contributed by atoms with van der Waals surface area (Å²) in [6.07, 6.45) is 7.58. The summed E-state index contributed by atoms with van der Waals surface area (Å²) in [6, 6.07) is 20.4. The highest BCUT2D eigenvalue weighted by Crippen LogP contribution is 2.37. The van der Waals surface area contributed by atoms with Crippen LogP contribution in [0.25, 0.3) is 0 Å². The Morgan fingerprint density at radius 1 is 0.698 bits per heavy atom. The molecule has 10 rings (SSSR count). The van der Waals surface area contributed by atoms with E-state index in [0.717, 1.165) is 65.0 Å².